The van der Waals surface area contributed by atoms with E-state index < -0.39 is 0 Å². The molecule has 1 aromatic rings. The fraction of sp³-hybridized carbons (Fsp3) is 0.500. The zero-order valence-electron chi connectivity index (χ0n) is 8.98. The normalized spacial score (nSPS) is 26.6. The van der Waals surface area contributed by atoms with Crippen LogP contribution >= 0.6 is 0 Å². The van der Waals surface area contributed by atoms with Crippen LogP contribution in [0.15, 0.2) is 18.2 Å². The van der Waals surface area contributed by atoms with E-state index in [9.17, 15) is 0 Å². The first-order valence-corrected chi connectivity index (χ1v) is 5.60. The number of benzene rings is 1. The summed E-state index contributed by atoms with van der Waals surface area (Å²) in [5.41, 5.74) is 5.39. The lowest BCUT2D eigenvalue weighted by molar-refractivity contribution is 0.385. The van der Waals surface area contributed by atoms with Crippen molar-refractivity contribution in [2.75, 3.05) is 18.7 Å². The Morgan fingerprint density at radius 1 is 1.19 bits per heavy atom. The third-order valence-electron chi connectivity index (χ3n) is 3.01. The van der Waals surface area contributed by atoms with E-state index in [0.717, 1.165) is 37.3 Å². The smallest absolute Gasteiger partial charge is 0.0850 e. The van der Waals surface area contributed by atoms with Gasteiger partial charge in [0.25, 0.3) is 0 Å². The summed E-state index contributed by atoms with van der Waals surface area (Å²) in [6.45, 7) is 1.71. The zero-order valence-corrected chi connectivity index (χ0v) is 8.98. The van der Waals surface area contributed by atoms with E-state index in [1.165, 1.54) is 5.56 Å². The molecule has 2 atom stereocenters. The lowest BCUT2D eigenvalue weighted by atomic mass is 10.0. The van der Waals surface area contributed by atoms with Gasteiger partial charge in [-0.15, -0.1) is 0 Å². The van der Waals surface area contributed by atoms with Crippen molar-refractivity contribution in [1.82, 2.24) is 0 Å². The average Bonchev–Trinajstić information content (AvgIpc) is 3.14. The summed E-state index contributed by atoms with van der Waals surface area (Å²) in [6.07, 6.45) is 2.56. The Bertz CT molecular complexity index is 386. The summed E-state index contributed by atoms with van der Waals surface area (Å²) in [7, 11) is 0. The molecule has 3 rings (SSSR count). The highest BCUT2D eigenvalue weighted by molar-refractivity contribution is 5.51. The van der Waals surface area contributed by atoms with Crippen molar-refractivity contribution in [3.05, 3.63) is 29.3 Å². The van der Waals surface area contributed by atoms with Gasteiger partial charge in [-0.2, -0.15) is 0 Å². The van der Waals surface area contributed by atoms with Crippen molar-refractivity contribution < 1.29 is 14.7 Å². The van der Waals surface area contributed by atoms with Gasteiger partial charge in [0, 0.05) is 12.8 Å². The van der Waals surface area contributed by atoms with Gasteiger partial charge in [0.1, 0.15) is 0 Å². The van der Waals surface area contributed by atoms with E-state index in [2.05, 4.69) is 11.5 Å². The summed E-state index contributed by atoms with van der Waals surface area (Å²) in [4.78, 5) is 0. The molecule has 2 aliphatic rings. The summed E-state index contributed by atoms with van der Waals surface area (Å²) in [5.74, 6) is 0. The van der Waals surface area contributed by atoms with Crippen LogP contribution in [0.1, 0.15) is 11.1 Å². The lowest BCUT2D eigenvalue weighted by Crippen LogP contribution is -2.02. The Kier molecular flexibility index (Phi) is 2.55. The van der Waals surface area contributed by atoms with Crippen molar-refractivity contribution in [3.63, 3.8) is 0 Å². The molecular formula is C12H15NO3. The van der Waals surface area contributed by atoms with Crippen LogP contribution in [-0.2, 0) is 22.3 Å². The molecule has 2 N–H and O–H groups in total. The summed E-state index contributed by atoms with van der Waals surface area (Å²) in [6, 6.07) is 6.06. The minimum absolute atomic E-state index is 0.333. The van der Waals surface area contributed by atoms with Gasteiger partial charge in [-0.05, 0) is 17.2 Å². The highest BCUT2D eigenvalue weighted by Crippen LogP contribution is 2.25. The predicted molar refractivity (Wildman–Crippen MR) is 58.7 cm³/mol. The van der Waals surface area contributed by atoms with Gasteiger partial charge in [0.05, 0.1) is 31.1 Å². The highest BCUT2D eigenvalue weighted by Gasteiger charge is 2.25. The maximum Gasteiger partial charge on any atom is 0.0850 e. The standard InChI is InChI=1S/C12H15NO3/c14-13-12-2-1-8(4-10-6-15-10)3-9(12)5-11-7-16-11/h1-3,10-11,13-14H,4-7H2. The molecule has 0 radical (unpaired) electrons. The third kappa shape index (κ3) is 2.35. The van der Waals surface area contributed by atoms with Gasteiger partial charge in [0.15, 0.2) is 0 Å². The number of hydrogen-bond acceptors (Lipinski definition) is 4. The summed E-state index contributed by atoms with van der Waals surface area (Å²) < 4.78 is 10.4. The first-order valence-electron chi connectivity index (χ1n) is 5.60. The van der Waals surface area contributed by atoms with Gasteiger partial charge in [-0.25, -0.2) is 0 Å². The van der Waals surface area contributed by atoms with E-state index in [0.29, 0.717) is 12.2 Å². The van der Waals surface area contributed by atoms with Gasteiger partial charge < -0.3 is 9.47 Å². The Morgan fingerprint density at radius 3 is 2.50 bits per heavy atom. The molecule has 2 saturated heterocycles. The molecule has 0 spiro atoms. The first-order chi connectivity index (χ1) is 7.85. The van der Waals surface area contributed by atoms with Crippen LogP contribution in [0.2, 0.25) is 0 Å². The van der Waals surface area contributed by atoms with Crippen molar-refractivity contribution >= 4 is 5.69 Å². The first kappa shape index (κ1) is 10.1. The van der Waals surface area contributed by atoms with Crippen molar-refractivity contribution in [1.29, 1.82) is 0 Å². The van der Waals surface area contributed by atoms with Gasteiger partial charge >= 0.3 is 0 Å². The number of hydrogen-bond donors (Lipinski definition) is 2. The number of anilines is 1. The van der Waals surface area contributed by atoms with Crippen LogP contribution in [-0.4, -0.2) is 30.6 Å². The second kappa shape index (κ2) is 4.05. The lowest BCUT2D eigenvalue weighted by Gasteiger charge is -2.09. The Labute approximate surface area is 94.1 Å². The van der Waals surface area contributed by atoms with Crippen LogP contribution in [0, 0.1) is 0 Å². The fourth-order valence-electron chi connectivity index (χ4n) is 1.93. The van der Waals surface area contributed by atoms with Crippen LogP contribution in [0.5, 0.6) is 0 Å². The van der Waals surface area contributed by atoms with E-state index in [1.54, 1.807) is 0 Å². The predicted octanol–water partition coefficient (Wildman–Crippen LogP) is 1.37. The minimum Gasteiger partial charge on any atom is -0.373 e. The van der Waals surface area contributed by atoms with E-state index in [1.807, 2.05) is 12.1 Å². The topological polar surface area (TPSA) is 57.3 Å². The molecule has 2 heterocycles. The maximum absolute atomic E-state index is 9.02. The molecule has 0 amide bonds. The average molecular weight is 221 g/mol. The monoisotopic (exact) mass is 221 g/mol. The third-order valence-corrected chi connectivity index (χ3v) is 3.01. The van der Waals surface area contributed by atoms with Crippen LogP contribution in [0.4, 0.5) is 5.69 Å². The molecule has 0 aromatic heterocycles. The molecule has 1 aromatic carbocycles. The Hall–Kier alpha value is -1.10. The van der Waals surface area contributed by atoms with Gasteiger partial charge in [0.2, 0.25) is 0 Å². The van der Waals surface area contributed by atoms with E-state index in [-0.39, 0.29) is 0 Å². The number of nitrogens with one attached hydrogen (secondary N) is 1. The van der Waals surface area contributed by atoms with E-state index >= 15 is 0 Å². The zero-order chi connectivity index (χ0) is 11.0. The molecule has 2 aliphatic heterocycles. The molecule has 16 heavy (non-hydrogen) atoms. The maximum atomic E-state index is 9.02. The van der Waals surface area contributed by atoms with Crippen molar-refractivity contribution in [3.8, 4) is 0 Å². The molecule has 2 unspecified atom stereocenters. The van der Waals surface area contributed by atoms with Crippen LogP contribution < -0.4 is 5.48 Å². The Balaban J connectivity index is 1.78. The van der Waals surface area contributed by atoms with Crippen LogP contribution in [0.3, 0.4) is 0 Å². The quantitative estimate of drug-likeness (QED) is 0.582. The van der Waals surface area contributed by atoms with E-state index in [4.69, 9.17) is 14.7 Å². The molecule has 86 valence electrons. The molecule has 0 saturated carbocycles. The molecule has 0 bridgehead atoms. The second-order valence-electron chi connectivity index (χ2n) is 4.42. The molecule has 4 heteroatoms. The number of epoxide rings is 2. The van der Waals surface area contributed by atoms with Crippen LogP contribution in [0.25, 0.3) is 0 Å². The van der Waals surface area contributed by atoms with Crippen molar-refractivity contribution in [2.45, 2.75) is 25.0 Å². The summed E-state index contributed by atoms with van der Waals surface area (Å²) in [5, 5.41) is 9.02. The SMILES string of the molecule is ONc1ccc(CC2CO2)cc1CC1CO1. The molecule has 4 nitrogen and oxygen atoms in total. The largest absolute Gasteiger partial charge is 0.373 e. The molecular weight excluding hydrogens is 206 g/mol. The summed E-state index contributed by atoms with van der Waals surface area (Å²) >= 11 is 0. The van der Waals surface area contributed by atoms with Crippen molar-refractivity contribution in [2.24, 2.45) is 0 Å². The Morgan fingerprint density at radius 2 is 1.88 bits per heavy atom. The highest BCUT2D eigenvalue weighted by atomic mass is 16.6. The molecule has 2 fully saturated rings. The van der Waals surface area contributed by atoms with Gasteiger partial charge in [-0.1, -0.05) is 12.1 Å². The van der Waals surface area contributed by atoms with Gasteiger partial charge in [-0.3, -0.25) is 10.7 Å². The number of rotatable bonds is 5. The molecule has 0 aliphatic carbocycles. The minimum atomic E-state index is 0.333. The fourth-order valence-corrected chi connectivity index (χ4v) is 1.93. The number of ether oxygens (including phenoxy) is 2. The second-order valence-corrected chi connectivity index (χ2v) is 4.42.